The molecule has 0 unspecified atom stereocenters. The Morgan fingerprint density at radius 2 is 1.41 bits per heavy atom. The molecule has 2 N–H and O–H groups in total. The van der Waals surface area contributed by atoms with E-state index in [-0.39, 0.29) is 23.1 Å². The maximum atomic E-state index is 12.3. The zero-order valence-electron chi connectivity index (χ0n) is 16.6. The minimum Gasteiger partial charge on any atom is -0.353 e. The third-order valence-corrected chi connectivity index (χ3v) is 6.95. The number of carbonyl (C=O) groups is 2. The fourth-order valence-corrected chi connectivity index (χ4v) is 3.92. The van der Waals surface area contributed by atoms with E-state index in [1.54, 1.807) is 50.2 Å². The summed E-state index contributed by atoms with van der Waals surface area (Å²) in [5, 5.41) is 5.28. The number of sulfone groups is 1. The van der Waals surface area contributed by atoms with E-state index in [0.29, 0.717) is 18.2 Å². The first-order valence-electron chi connectivity index (χ1n) is 9.75. The van der Waals surface area contributed by atoms with Crippen molar-refractivity contribution < 1.29 is 18.0 Å². The SMILES string of the molecule is CC(C)S(=O)(=O)c1ccc(CC(=O)Nc2ccc(CC(=O)NC3CC3)cc2)cc1. The second-order valence-corrected chi connectivity index (χ2v) is 10.2. The summed E-state index contributed by atoms with van der Waals surface area (Å²) in [5.74, 6) is -0.170. The van der Waals surface area contributed by atoms with Gasteiger partial charge in [0.15, 0.2) is 9.84 Å². The molecule has 1 aliphatic carbocycles. The van der Waals surface area contributed by atoms with Gasteiger partial charge in [-0.3, -0.25) is 9.59 Å². The first-order chi connectivity index (χ1) is 13.7. The molecule has 0 aromatic heterocycles. The second kappa shape index (κ2) is 8.78. The molecule has 0 spiro atoms. The van der Waals surface area contributed by atoms with Gasteiger partial charge in [0, 0.05) is 11.7 Å². The Kier molecular flexibility index (Phi) is 6.37. The van der Waals surface area contributed by atoms with E-state index < -0.39 is 15.1 Å². The number of rotatable bonds is 8. The molecule has 0 radical (unpaired) electrons. The number of hydrogen-bond acceptors (Lipinski definition) is 4. The number of nitrogens with one attached hydrogen (secondary N) is 2. The molecule has 1 saturated carbocycles. The average Bonchev–Trinajstić information content (AvgIpc) is 3.47. The van der Waals surface area contributed by atoms with Crippen molar-refractivity contribution in [3.63, 3.8) is 0 Å². The van der Waals surface area contributed by atoms with Gasteiger partial charge in [-0.1, -0.05) is 24.3 Å². The summed E-state index contributed by atoms with van der Waals surface area (Å²) in [6, 6.07) is 14.0. The fraction of sp³-hybridized carbons (Fsp3) is 0.364. The number of carbonyl (C=O) groups excluding carboxylic acids is 2. The first kappa shape index (κ1) is 21.0. The van der Waals surface area contributed by atoms with E-state index in [9.17, 15) is 18.0 Å². The van der Waals surface area contributed by atoms with Gasteiger partial charge in [-0.15, -0.1) is 0 Å². The molecule has 0 atom stereocenters. The number of benzene rings is 2. The van der Waals surface area contributed by atoms with Crippen LogP contribution in [0.2, 0.25) is 0 Å². The predicted octanol–water partition coefficient (Wildman–Crippen LogP) is 2.87. The Hall–Kier alpha value is -2.67. The topological polar surface area (TPSA) is 92.3 Å². The molecule has 2 aromatic rings. The molecule has 1 fully saturated rings. The van der Waals surface area contributed by atoms with E-state index >= 15 is 0 Å². The quantitative estimate of drug-likeness (QED) is 0.695. The molecule has 0 saturated heterocycles. The third-order valence-electron chi connectivity index (χ3n) is 4.78. The zero-order valence-corrected chi connectivity index (χ0v) is 17.5. The standard InChI is InChI=1S/C22H26N2O4S/c1-15(2)29(27,28)20-11-5-17(6-12-20)14-22(26)23-18-7-3-16(4-8-18)13-21(25)24-19-9-10-19/h3-8,11-12,15,19H,9-10,13-14H2,1-2H3,(H,23,26)(H,24,25). The summed E-state index contributed by atoms with van der Waals surface area (Å²) in [5.41, 5.74) is 2.28. The largest absolute Gasteiger partial charge is 0.353 e. The molecule has 2 aromatic carbocycles. The highest BCUT2D eigenvalue weighted by atomic mass is 32.2. The van der Waals surface area contributed by atoms with Crippen LogP contribution in [0.3, 0.4) is 0 Å². The monoisotopic (exact) mass is 414 g/mol. The van der Waals surface area contributed by atoms with Gasteiger partial charge >= 0.3 is 0 Å². The molecule has 0 bridgehead atoms. The predicted molar refractivity (Wildman–Crippen MR) is 112 cm³/mol. The van der Waals surface area contributed by atoms with Crippen LogP contribution >= 0.6 is 0 Å². The van der Waals surface area contributed by atoms with Gasteiger partial charge < -0.3 is 10.6 Å². The van der Waals surface area contributed by atoms with Gasteiger partial charge in [0.25, 0.3) is 0 Å². The van der Waals surface area contributed by atoms with Crippen LogP contribution in [0.5, 0.6) is 0 Å². The summed E-state index contributed by atoms with van der Waals surface area (Å²) >= 11 is 0. The van der Waals surface area contributed by atoms with Gasteiger partial charge in [0.2, 0.25) is 11.8 Å². The Bertz CT molecular complexity index is 976. The lowest BCUT2D eigenvalue weighted by atomic mass is 10.1. The minimum atomic E-state index is -3.32. The van der Waals surface area contributed by atoms with E-state index in [1.165, 1.54) is 0 Å². The van der Waals surface area contributed by atoms with Crippen LogP contribution < -0.4 is 10.6 Å². The van der Waals surface area contributed by atoms with Crippen LogP contribution in [-0.4, -0.2) is 31.5 Å². The summed E-state index contributed by atoms with van der Waals surface area (Å²) in [6.45, 7) is 3.28. The van der Waals surface area contributed by atoms with Crippen molar-refractivity contribution in [1.29, 1.82) is 0 Å². The lowest BCUT2D eigenvalue weighted by molar-refractivity contribution is -0.120. The highest BCUT2D eigenvalue weighted by molar-refractivity contribution is 7.92. The summed E-state index contributed by atoms with van der Waals surface area (Å²) in [7, 11) is -3.32. The molecule has 1 aliphatic rings. The van der Waals surface area contributed by atoms with Crippen molar-refractivity contribution in [3.8, 4) is 0 Å². The van der Waals surface area contributed by atoms with Crippen LogP contribution in [0.15, 0.2) is 53.4 Å². The molecule has 0 heterocycles. The number of anilines is 1. The van der Waals surface area contributed by atoms with Crippen molar-refractivity contribution in [2.24, 2.45) is 0 Å². The molecule has 6 nitrogen and oxygen atoms in total. The third kappa shape index (κ3) is 5.90. The fourth-order valence-electron chi connectivity index (χ4n) is 2.86. The summed E-state index contributed by atoms with van der Waals surface area (Å²) in [4.78, 5) is 24.4. The van der Waals surface area contributed by atoms with Gasteiger partial charge in [0.1, 0.15) is 0 Å². The van der Waals surface area contributed by atoms with Gasteiger partial charge in [-0.2, -0.15) is 0 Å². The highest BCUT2D eigenvalue weighted by Crippen LogP contribution is 2.19. The van der Waals surface area contributed by atoms with E-state index in [1.807, 2.05) is 12.1 Å². The van der Waals surface area contributed by atoms with Crippen molar-refractivity contribution >= 4 is 27.3 Å². The van der Waals surface area contributed by atoms with E-state index in [4.69, 9.17) is 0 Å². The number of amides is 2. The minimum absolute atomic E-state index is 0.0206. The van der Waals surface area contributed by atoms with Crippen molar-refractivity contribution in [1.82, 2.24) is 5.32 Å². The van der Waals surface area contributed by atoms with E-state index in [0.717, 1.165) is 24.0 Å². The molecule has 0 aliphatic heterocycles. The maximum Gasteiger partial charge on any atom is 0.228 e. The molecule has 7 heteroatoms. The van der Waals surface area contributed by atoms with Crippen molar-refractivity contribution in [3.05, 3.63) is 59.7 Å². The Balaban J connectivity index is 1.53. The lowest BCUT2D eigenvalue weighted by Gasteiger charge is -2.09. The van der Waals surface area contributed by atoms with Crippen LogP contribution in [0.25, 0.3) is 0 Å². The average molecular weight is 415 g/mol. The van der Waals surface area contributed by atoms with Crippen LogP contribution in [0.1, 0.15) is 37.8 Å². The second-order valence-electron chi connectivity index (χ2n) is 7.68. The lowest BCUT2D eigenvalue weighted by Crippen LogP contribution is -2.26. The Labute approximate surface area is 171 Å². The molecular weight excluding hydrogens is 388 g/mol. The van der Waals surface area contributed by atoms with Crippen molar-refractivity contribution in [2.45, 2.75) is 55.7 Å². The van der Waals surface area contributed by atoms with Gasteiger partial charge in [-0.25, -0.2) is 8.42 Å². The first-order valence-corrected chi connectivity index (χ1v) is 11.3. The van der Waals surface area contributed by atoms with Crippen LogP contribution in [-0.2, 0) is 32.3 Å². The normalized spacial score (nSPS) is 13.9. The Morgan fingerprint density at radius 3 is 1.93 bits per heavy atom. The van der Waals surface area contributed by atoms with Crippen LogP contribution in [0, 0.1) is 0 Å². The van der Waals surface area contributed by atoms with E-state index in [2.05, 4.69) is 10.6 Å². The zero-order chi connectivity index (χ0) is 21.0. The molecule has 29 heavy (non-hydrogen) atoms. The van der Waals surface area contributed by atoms with Gasteiger partial charge in [0.05, 0.1) is 23.0 Å². The van der Waals surface area contributed by atoms with Gasteiger partial charge in [-0.05, 0) is 62.1 Å². The summed E-state index contributed by atoms with van der Waals surface area (Å²) < 4.78 is 24.3. The van der Waals surface area contributed by atoms with Crippen molar-refractivity contribution in [2.75, 3.05) is 5.32 Å². The molecular formula is C22H26N2O4S. The molecule has 3 rings (SSSR count). The number of hydrogen-bond donors (Lipinski definition) is 2. The Morgan fingerprint density at radius 1 is 0.897 bits per heavy atom. The van der Waals surface area contributed by atoms with Crippen LogP contribution in [0.4, 0.5) is 5.69 Å². The summed E-state index contributed by atoms with van der Waals surface area (Å²) in [6.07, 6.45) is 2.60. The molecule has 154 valence electrons. The highest BCUT2D eigenvalue weighted by Gasteiger charge is 2.23. The molecule has 2 amide bonds. The smallest absolute Gasteiger partial charge is 0.228 e. The maximum absolute atomic E-state index is 12.3.